The minimum Gasteiger partial charge on any atom is -0.497 e. The molecule has 0 spiro atoms. The molecule has 2 aromatic rings. The monoisotopic (exact) mass is 422 g/mol. The van der Waals surface area contributed by atoms with Crippen molar-refractivity contribution in [1.29, 1.82) is 0 Å². The molecule has 31 heavy (non-hydrogen) atoms. The van der Waals surface area contributed by atoms with Crippen molar-refractivity contribution < 1.29 is 19.2 Å². The summed E-state index contributed by atoms with van der Waals surface area (Å²) in [5.74, 6) is 0.672. The average molecular weight is 423 g/mol. The molecule has 1 atom stereocenters. The minimum atomic E-state index is -0.104. The molecule has 6 nitrogen and oxygen atoms in total. The zero-order valence-corrected chi connectivity index (χ0v) is 18.2. The maximum absolute atomic E-state index is 12.9. The van der Waals surface area contributed by atoms with Gasteiger partial charge in [-0.25, -0.2) is 0 Å². The van der Waals surface area contributed by atoms with Crippen molar-refractivity contribution in [2.24, 2.45) is 0 Å². The highest BCUT2D eigenvalue weighted by Crippen LogP contribution is 2.21. The highest BCUT2D eigenvalue weighted by molar-refractivity contribution is 6.04. The van der Waals surface area contributed by atoms with Crippen LogP contribution in [0, 0.1) is 0 Å². The van der Waals surface area contributed by atoms with E-state index in [-0.39, 0.29) is 17.9 Å². The van der Waals surface area contributed by atoms with Crippen LogP contribution in [-0.4, -0.2) is 37.6 Å². The van der Waals surface area contributed by atoms with E-state index in [9.17, 15) is 9.59 Å². The van der Waals surface area contributed by atoms with Crippen LogP contribution >= 0.6 is 0 Å². The second-order valence-electron chi connectivity index (χ2n) is 8.68. The van der Waals surface area contributed by atoms with Gasteiger partial charge in [-0.1, -0.05) is 25.0 Å². The number of para-hydroxylation sites is 1. The Kier molecular flexibility index (Phi) is 6.87. The quantitative estimate of drug-likeness (QED) is 0.582. The first-order valence-electron chi connectivity index (χ1n) is 11.3. The molecule has 0 radical (unpaired) electrons. The van der Waals surface area contributed by atoms with Crippen molar-refractivity contribution in [3.05, 3.63) is 59.7 Å². The molecule has 164 valence electrons. The summed E-state index contributed by atoms with van der Waals surface area (Å²) in [6, 6.07) is 16.1. The van der Waals surface area contributed by atoms with E-state index in [1.807, 2.05) is 30.3 Å². The van der Waals surface area contributed by atoms with E-state index >= 15 is 0 Å². The lowest BCUT2D eigenvalue weighted by Gasteiger charge is -2.20. The van der Waals surface area contributed by atoms with Crippen molar-refractivity contribution >= 4 is 17.5 Å². The minimum absolute atomic E-state index is 0.0588. The summed E-state index contributed by atoms with van der Waals surface area (Å²) in [7, 11) is 1.66. The first kappa shape index (κ1) is 21.4. The normalized spacial score (nSPS) is 17.2. The van der Waals surface area contributed by atoms with Gasteiger partial charge in [0.2, 0.25) is 0 Å². The Labute approximate surface area is 184 Å². The van der Waals surface area contributed by atoms with Crippen molar-refractivity contribution in [3.8, 4) is 5.75 Å². The molecule has 4 rings (SSSR count). The summed E-state index contributed by atoms with van der Waals surface area (Å²) >= 11 is 0. The van der Waals surface area contributed by atoms with E-state index in [2.05, 4.69) is 22.8 Å². The van der Waals surface area contributed by atoms with Crippen LogP contribution in [0.2, 0.25) is 0 Å². The van der Waals surface area contributed by atoms with Crippen LogP contribution in [0.25, 0.3) is 0 Å². The molecule has 2 aliphatic rings. The Bertz CT molecular complexity index is 902. The summed E-state index contributed by atoms with van der Waals surface area (Å²) in [6.45, 7) is 1.18. The van der Waals surface area contributed by atoms with Gasteiger partial charge in [0.1, 0.15) is 12.3 Å². The molecule has 0 aromatic heterocycles. The highest BCUT2D eigenvalue weighted by atomic mass is 16.5. The number of carbonyl (C=O) groups excluding carboxylic acids is 2. The molecule has 0 heterocycles. The van der Waals surface area contributed by atoms with Gasteiger partial charge >= 0.3 is 0 Å². The lowest BCUT2D eigenvalue weighted by molar-refractivity contribution is -0.916. The summed E-state index contributed by atoms with van der Waals surface area (Å²) in [4.78, 5) is 26.9. The number of benzene rings is 2. The van der Waals surface area contributed by atoms with Crippen LogP contribution in [0.4, 0.5) is 5.69 Å². The largest absolute Gasteiger partial charge is 0.497 e. The molecule has 2 fully saturated rings. The molecular formula is C25H32N3O3+. The lowest BCUT2D eigenvalue weighted by atomic mass is 10.1. The van der Waals surface area contributed by atoms with Gasteiger partial charge in [-0.3, -0.25) is 9.59 Å². The number of hydrogen-bond donors (Lipinski definition) is 3. The molecule has 2 amide bonds. The molecule has 2 aromatic carbocycles. The summed E-state index contributed by atoms with van der Waals surface area (Å²) < 4.78 is 5.23. The lowest BCUT2D eigenvalue weighted by Crippen LogP contribution is -3.13. The summed E-state index contributed by atoms with van der Waals surface area (Å²) in [6.07, 6.45) is 6.70. The van der Waals surface area contributed by atoms with Crippen LogP contribution in [-0.2, 0) is 11.3 Å². The molecule has 6 heteroatoms. The van der Waals surface area contributed by atoms with E-state index in [0.29, 0.717) is 23.8 Å². The second-order valence-corrected chi connectivity index (χ2v) is 8.68. The van der Waals surface area contributed by atoms with Gasteiger partial charge in [0, 0.05) is 24.4 Å². The van der Waals surface area contributed by atoms with Gasteiger partial charge in [0.15, 0.2) is 6.54 Å². The fraction of sp³-hybridized carbons (Fsp3) is 0.440. The zero-order chi connectivity index (χ0) is 21.6. The smallest absolute Gasteiger partial charge is 0.279 e. The first-order valence-corrected chi connectivity index (χ1v) is 11.3. The van der Waals surface area contributed by atoms with Crippen molar-refractivity contribution in [1.82, 2.24) is 5.32 Å². The predicted octanol–water partition coefficient (Wildman–Crippen LogP) is 2.55. The number of quaternary nitrogens is 1. The number of rotatable bonds is 9. The Hall–Kier alpha value is -2.86. The zero-order valence-electron chi connectivity index (χ0n) is 18.2. The molecular weight excluding hydrogens is 390 g/mol. The standard InChI is InChI=1S/C25H31N3O3/c1-31-21-14-10-18(11-15-21)16-28(20-12-13-20)17-24(29)27-23-9-5-4-8-22(23)25(30)26-19-6-2-3-7-19/h4-5,8-11,14-15,19-20H,2-3,6-7,12-13,16-17H2,1H3,(H,26,30)(H,27,29)/p+1. The van der Waals surface area contributed by atoms with Crippen molar-refractivity contribution in [2.75, 3.05) is 19.0 Å². The fourth-order valence-electron chi connectivity index (χ4n) is 4.37. The Morgan fingerprint density at radius 3 is 2.39 bits per heavy atom. The van der Waals surface area contributed by atoms with E-state index in [4.69, 9.17) is 4.74 Å². The van der Waals surface area contributed by atoms with Crippen molar-refractivity contribution in [3.63, 3.8) is 0 Å². The van der Waals surface area contributed by atoms with Crippen LogP contribution in [0.5, 0.6) is 5.75 Å². The molecule has 2 aliphatic carbocycles. The van der Waals surface area contributed by atoms with Gasteiger partial charge in [0.05, 0.1) is 24.4 Å². The number of carbonyl (C=O) groups is 2. The topological polar surface area (TPSA) is 71.9 Å². The third-order valence-corrected chi connectivity index (χ3v) is 6.27. The number of nitrogens with one attached hydrogen (secondary N) is 3. The molecule has 1 unspecified atom stereocenters. The maximum atomic E-state index is 12.9. The van der Waals surface area contributed by atoms with Crippen molar-refractivity contribution in [2.45, 2.75) is 57.2 Å². The molecule has 0 aliphatic heterocycles. The van der Waals surface area contributed by atoms with Gasteiger partial charge in [-0.2, -0.15) is 0 Å². The summed E-state index contributed by atoms with van der Waals surface area (Å²) in [5, 5.41) is 6.11. The third-order valence-electron chi connectivity index (χ3n) is 6.27. The Morgan fingerprint density at radius 1 is 1.00 bits per heavy atom. The van der Waals surface area contributed by atoms with E-state index in [0.717, 1.165) is 50.8 Å². The molecule has 0 bridgehead atoms. The molecule has 2 saturated carbocycles. The van der Waals surface area contributed by atoms with E-state index in [1.165, 1.54) is 10.5 Å². The van der Waals surface area contributed by atoms with Gasteiger partial charge in [0.25, 0.3) is 11.8 Å². The van der Waals surface area contributed by atoms with Crippen LogP contribution in [0.3, 0.4) is 0 Å². The SMILES string of the molecule is COc1ccc(C[NH+](CC(=O)Nc2ccccc2C(=O)NC2CCCC2)C2CC2)cc1. The van der Waals surface area contributed by atoms with Crippen LogP contribution in [0.1, 0.15) is 54.4 Å². The predicted molar refractivity (Wildman–Crippen MR) is 120 cm³/mol. The first-order chi connectivity index (χ1) is 15.1. The number of ether oxygens (including phenoxy) is 1. The third kappa shape index (κ3) is 5.85. The van der Waals surface area contributed by atoms with Crippen LogP contribution < -0.4 is 20.3 Å². The molecule has 3 N–H and O–H groups in total. The Balaban J connectivity index is 1.38. The maximum Gasteiger partial charge on any atom is 0.279 e. The fourth-order valence-corrected chi connectivity index (χ4v) is 4.37. The van der Waals surface area contributed by atoms with Crippen LogP contribution in [0.15, 0.2) is 48.5 Å². The number of hydrogen-bond acceptors (Lipinski definition) is 3. The van der Waals surface area contributed by atoms with Gasteiger partial charge in [-0.15, -0.1) is 0 Å². The van der Waals surface area contributed by atoms with Gasteiger partial charge in [-0.05, 0) is 49.2 Å². The van der Waals surface area contributed by atoms with E-state index in [1.54, 1.807) is 13.2 Å². The van der Waals surface area contributed by atoms with E-state index < -0.39 is 0 Å². The number of anilines is 1. The number of amides is 2. The highest BCUT2D eigenvalue weighted by Gasteiger charge is 2.34. The average Bonchev–Trinajstić information content (AvgIpc) is 3.51. The van der Waals surface area contributed by atoms with Gasteiger partial charge < -0.3 is 20.3 Å². The second kappa shape index (κ2) is 9.96. The molecule has 0 saturated heterocycles. The Morgan fingerprint density at radius 2 is 1.71 bits per heavy atom. The number of methoxy groups -OCH3 is 1. The summed E-state index contributed by atoms with van der Waals surface area (Å²) in [5.41, 5.74) is 2.31.